The summed E-state index contributed by atoms with van der Waals surface area (Å²) < 4.78 is 5.31. The zero-order valence-corrected chi connectivity index (χ0v) is 14.4. The molecule has 1 atom stereocenters. The van der Waals surface area contributed by atoms with Gasteiger partial charge in [-0.05, 0) is 29.8 Å². The van der Waals surface area contributed by atoms with E-state index in [1.807, 2.05) is 60.7 Å². The molecule has 5 heteroatoms. The highest BCUT2D eigenvalue weighted by Gasteiger charge is 2.15. The third-order valence-corrected chi connectivity index (χ3v) is 4.21. The van der Waals surface area contributed by atoms with E-state index in [1.54, 1.807) is 12.3 Å². The van der Waals surface area contributed by atoms with E-state index in [0.29, 0.717) is 18.7 Å². The third-order valence-electron chi connectivity index (χ3n) is 4.21. The van der Waals surface area contributed by atoms with Crippen LogP contribution >= 0.6 is 0 Å². The van der Waals surface area contributed by atoms with Crippen molar-refractivity contribution in [1.29, 1.82) is 0 Å². The van der Waals surface area contributed by atoms with E-state index in [-0.39, 0.29) is 18.4 Å². The van der Waals surface area contributed by atoms with Crippen molar-refractivity contribution in [3.63, 3.8) is 0 Å². The fourth-order valence-electron chi connectivity index (χ4n) is 2.75. The van der Waals surface area contributed by atoms with E-state index in [2.05, 4.69) is 10.6 Å². The van der Waals surface area contributed by atoms with E-state index in [9.17, 15) is 9.90 Å². The van der Waals surface area contributed by atoms with Crippen LogP contribution in [0.5, 0.6) is 0 Å². The highest BCUT2D eigenvalue weighted by Crippen LogP contribution is 2.18. The number of benzene rings is 2. The van der Waals surface area contributed by atoms with Crippen molar-refractivity contribution in [3.05, 3.63) is 89.9 Å². The summed E-state index contributed by atoms with van der Waals surface area (Å²) in [5, 5.41) is 15.8. The molecular formula is C21H22N2O3. The van der Waals surface area contributed by atoms with Gasteiger partial charge >= 0.3 is 0 Å². The standard InChI is InChI=1S/C21H22N2O3/c24-15-17(16-7-2-1-3-8-16)13-23-21(25)19-10-4-5-11-20(19)22-14-18-9-6-12-26-18/h1-12,17,22,24H,13-15H2,(H,23,25). The number of carbonyl (C=O) groups is 1. The minimum absolute atomic E-state index is 0.0251. The van der Waals surface area contributed by atoms with Crippen molar-refractivity contribution in [2.75, 3.05) is 18.5 Å². The molecular weight excluding hydrogens is 328 g/mol. The Labute approximate surface area is 152 Å². The summed E-state index contributed by atoms with van der Waals surface area (Å²) in [6.07, 6.45) is 1.62. The lowest BCUT2D eigenvalue weighted by molar-refractivity contribution is 0.0948. The summed E-state index contributed by atoms with van der Waals surface area (Å²) in [6, 6.07) is 20.7. The molecule has 0 saturated carbocycles. The van der Waals surface area contributed by atoms with Crippen molar-refractivity contribution in [3.8, 4) is 0 Å². The van der Waals surface area contributed by atoms with Crippen LogP contribution in [0, 0.1) is 0 Å². The maximum absolute atomic E-state index is 12.6. The normalized spacial score (nSPS) is 11.7. The van der Waals surface area contributed by atoms with Gasteiger partial charge in [0.1, 0.15) is 5.76 Å². The van der Waals surface area contributed by atoms with E-state index in [0.717, 1.165) is 17.0 Å². The average Bonchev–Trinajstić information content (AvgIpc) is 3.21. The van der Waals surface area contributed by atoms with Gasteiger partial charge in [-0.2, -0.15) is 0 Å². The molecule has 3 aromatic rings. The molecule has 134 valence electrons. The Hall–Kier alpha value is -3.05. The summed E-state index contributed by atoms with van der Waals surface area (Å²) in [7, 11) is 0. The zero-order chi connectivity index (χ0) is 18.2. The van der Waals surface area contributed by atoms with Crippen LogP contribution in [0.15, 0.2) is 77.4 Å². The number of rotatable bonds is 8. The Morgan fingerprint density at radius 2 is 1.77 bits per heavy atom. The summed E-state index contributed by atoms with van der Waals surface area (Å²) >= 11 is 0. The first-order valence-corrected chi connectivity index (χ1v) is 8.57. The molecule has 2 aromatic carbocycles. The van der Waals surface area contributed by atoms with Crippen LogP contribution in [-0.2, 0) is 6.54 Å². The van der Waals surface area contributed by atoms with Gasteiger partial charge in [0.25, 0.3) is 5.91 Å². The monoisotopic (exact) mass is 350 g/mol. The molecule has 0 spiro atoms. The van der Waals surface area contributed by atoms with Crippen LogP contribution in [-0.4, -0.2) is 24.2 Å². The fourth-order valence-corrected chi connectivity index (χ4v) is 2.75. The first-order chi connectivity index (χ1) is 12.8. The van der Waals surface area contributed by atoms with Gasteiger partial charge in [-0.15, -0.1) is 0 Å². The molecule has 0 aliphatic rings. The molecule has 1 aromatic heterocycles. The number of hydrogen-bond acceptors (Lipinski definition) is 4. The number of carbonyl (C=O) groups excluding carboxylic acids is 1. The lowest BCUT2D eigenvalue weighted by atomic mass is 10.00. The quantitative estimate of drug-likeness (QED) is 0.582. The van der Waals surface area contributed by atoms with Gasteiger partial charge in [0.15, 0.2) is 0 Å². The van der Waals surface area contributed by atoms with Crippen LogP contribution in [0.1, 0.15) is 27.6 Å². The minimum Gasteiger partial charge on any atom is -0.467 e. The predicted molar refractivity (Wildman–Crippen MR) is 101 cm³/mol. The maximum atomic E-state index is 12.6. The third kappa shape index (κ3) is 4.52. The number of hydrogen-bond donors (Lipinski definition) is 3. The van der Waals surface area contributed by atoms with Crippen molar-refractivity contribution >= 4 is 11.6 Å². The molecule has 3 N–H and O–H groups in total. The molecule has 1 amide bonds. The second-order valence-electron chi connectivity index (χ2n) is 5.98. The Morgan fingerprint density at radius 1 is 1.00 bits per heavy atom. The van der Waals surface area contributed by atoms with E-state index >= 15 is 0 Å². The average molecular weight is 350 g/mol. The number of aliphatic hydroxyl groups is 1. The largest absolute Gasteiger partial charge is 0.467 e. The zero-order valence-electron chi connectivity index (χ0n) is 14.4. The number of aliphatic hydroxyl groups excluding tert-OH is 1. The predicted octanol–water partition coefficient (Wildman–Crippen LogP) is 3.40. The first kappa shape index (κ1) is 17.8. The van der Waals surface area contributed by atoms with E-state index < -0.39 is 0 Å². The smallest absolute Gasteiger partial charge is 0.253 e. The maximum Gasteiger partial charge on any atom is 0.253 e. The summed E-state index contributed by atoms with van der Waals surface area (Å²) in [5.41, 5.74) is 2.30. The topological polar surface area (TPSA) is 74.5 Å². The Balaban J connectivity index is 1.64. The lowest BCUT2D eigenvalue weighted by Crippen LogP contribution is -2.30. The van der Waals surface area contributed by atoms with Gasteiger partial charge in [-0.3, -0.25) is 4.79 Å². The molecule has 0 radical (unpaired) electrons. The van der Waals surface area contributed by atoms with Crippen LogP contribution in [0.25, 0.3) is 0 Å². The van der Waals surface area contributed by atoms with E-state index in [1.165, 1.54) is 0 Å². The Bertz CT molecular complexity index is 816. The van der Waals surface area contributed by atoms with Crippen molar-refractivity contribution in [1.82, 2.24) is 5.32 Å². The highest BCUT2D eigenvalue weighted by molar-refractivity contribution is 5.99. The van der Waals surface area contributed by atoms with Crippen molar-refractivity contribution in [2.24, 2.45) is 0 Å². The molecule has 0 aliphatic carbocycles. The van der Waals surface area contributed by atoms with Gasteiger partial charge in [0.2, 0.25) is 0 Å². The van der Waals surface area contributed by atoms with Gasteiger partial charge in [0, 0.05) is 18.2 Å². The SMILES string of the molecule is O=C(NCC(CO)c1ccccc1)c1ccccc1NCc1ccco1. The number of para-hydroxylation sites is 1. The molecule has 5 nitrogen and oxygen atoms in total. The first-order valence-electron chi connectivity index (χ1n) is 8.57. The van der Waals surface area contributed by atoms with Gasteiger partial charge in [0.05, 0.1) is 25.0 Å². The van der Waals surface area contributed by atoms with Crippen LogP contribution < -0.4 is 10.6 Å². The minimum atomic E-state index is -0.179. The summed E-state index contributed by atoms with van der Waals surface area (Å²) in [5.74, 6) is 0.481. The molecule has 0 saturated heterocycles. The Morgan fingerprint density at radius 3 is 2.50 bits per heavy atom. The molecule has 1 heterocycles. The number of nitrogens with one attached hydrogen (secondary N) is 2. The van der Waals surface area contributed by atoms with Gasteiger partial charge in [-0.25, -0.2) is 0 Å². The van der Waals surface area contributed by atoms with Crippen LogP contribution in [0.4, 0.5) is 5.69 Å². The second kappa shape index (κ2) is 8.87. The van der Waals surface area contributed by atoms with Gasteiger partial charge < -0.3 is 20.2 Å². The Kier molecular flexibility index (Phi) is 6.06. The number of anilines is 1. The molecule has 1 unspecified atom stereocenters. The summed E-state index contributed by atoms with van der Waals surface area (Å²) in [4.78, 5) is 12.6. The van der Waals surface area contributed by atoms with Crippen LogP contribution in [0.2, 0.25) is 0 Å². The van der Waals surface area contributed by atoms with E-state index in [4.69, 9.17) is 4.42 Å². The van der Waals surface area contributed by atoms with Crippen LogP contribution in [0.3, 0.4) is 0 Å². The summed E-state index contributed by atoms with van der Waals surface area (Å²) in [6.45, 7) is 0.842. The molecule has 0 aliphatic heterocycles. The second-order valence-corrected chi connectivity index (χ2v) is 5.98. The van der Waals surface area contributed by atoms with Crippen molar-refractivity contribution in [2.45, 2.75) is 12.5 Å². The molecule has 26 heavy (non-hydrogen) atoms. The fraction of sp³-hybridized carbons (Fsp3) is 0.190. The highest BCUT2D eigenvalue weighted by atomic mass is 16.3. The number of amides is 1. The lowest BCUT2D eigenvalue weighted by Gasteiger charge is -2.17. The van der Waals surface area contributed by atoms with Gasteiger partial charge in [-0.1, -0.05) is 42.5 Å². The molecule has 0 bridgehead atoms. The number of furan rings is 1. The molecule has 3 rings (SSSR count). The van der Waals surface area contributed by atoms with Crippen molar-refractivity contribution < 1.29 is 14.3 Å². The molecule has 0 fully saturated rings.